The minimum atomic E-state index is -0.404. The Morgan fingerprint density at radius 2 is 1.93 bits per heavy atom. The van der Waals surface area contributed by atoms with Crippen molar-refractivity contribution < 1.29 is 29.0 Å². The quantitative estimate of drug-likeness (QED) is 0.692. The number of fused-ring (bicyclic) bond motifs is 1. The van der Waals surface area contributed by atoms with Crippen molar-refractivity contribution in [2.24, 2.45) is 0 Å². The third-order valence-corrected chi connectivity index (χ3v) is 5.06. The maximum absolute atomic E-state index is 12.5. The van der Waals surface area contributed by atoms with Gasteiger partial charge in [0.25, 0.3) is 6.47 Å². The van der Waals surface area contributed by atoms with Gasteiger partial charge in [0.1, 0.15) is 19.0 Å². The van der Waals surface area contributed by atoms with Gasteiger partial charge in [-0.05, 0) is 12.8 Å². The van der Waals surface area contributed by atoms with Crippen LogP contribution in [0.25, 0.3) is 0 Å². The zero-order valence-corrected chi connectivity index (χ0v) is 15.7. The summed E-state index contributed by atoms with van der Waals surface area (Å²) in [5, 5.41) is 11.6. The monoisotopic (exact) mass is 395 g/mol. The summed E-state index contributed by atoms with van der Waals surface area (Å²) in [4.78, 5) is 40.3. The van der Waals surface area contributed by atoms with Crippen LogP contribution in [0, 0.1) is 0 Å². The molecular formula is C17H25N5O6. The summed E-state index contributed by atoms with van der Waals surface area (Å²) >= 11 is 0. The summed E-state index contributed by atoms with van der Waals surface area (Å²) in [5.74, 6) is 2.19. The molecule has 0 atom stereocenters. The van der Waals surface area contributed by atoms with E-state index in [1.165, 1.54) is 4.90 Å². The largest absolute Gasteiger partial charge is 0.483 e. The van der Waals surface area contributed by atoms with Crippen LogP contribution in [0.5, 0.6) is 0 Å². The van der Waals surface area contributed by atoms with Crippen molar-refractivity contribution in [1.29, 1.82) is 0 Å². The van der Waals surface area contributed by atoms with E-state index in [2.05, 4.69) is 5.10 Å². The van der Waals surface area contributed by atoms with Gasteiger partial charge in [-0.25, -0.2) is 14.5 Å². The molecule has 0 aromatic carbocycles. The first-order valence-electron chi connectivity index (χ1n) is 9.41. The van der Waals surface area contributed by atoms with E-state index < -0.39 is 6.09 Å². The number of carbonyl (C=O) groups excluding carboxylic acids is 2. The van der Waals surface area contributed by atoms with E-state index >= 15 is 0 Å². The molecule has 1 aromatic rings. The number of carbonyl (C=O) groups is 3. The van der Waals surface area contributed by atoms with Crippen LogP contribution < -0.4 is 0 Å². The van der Waals surface area contributed by atoms with Gasteiger partial charge in [-0.3, -0.25) is 14.5 Å². The summed E-state index contributed by atoms with van der Waals surface area (Å²) in [7, 11) is 0. The molecule has 154 valence electrons. The average molecular weight is 395 g/mol. The van der Waals surface area contributed by atoms with Crippen LogP contribution in [0.3, 0.4) is 0 Å². The topological polar surface area (TPSA) is 127 Å². The highest BCUT2D eigenvalue weighted by molar-refractivity contribution is 5.82. The molecular weight excluding hydrogens is 370 g/mol. The Kier molecular flexibility index (Phi) is 6.80. The van der Waals surface area contributed by atoms with Crippen LogP contribution >= 0.6 is 0 Å². The lowest BCUT2D eigenvalue weighted by Crippen LogP contribution is -2.42. The molecule has 1 aromatic heterocycles. The Hall–Kier alpha value is -2.69. The van der Waals surface area contributed by atoms with Gasteiger partial charge in [0.05, 0.1) is 13.1 Å². The van der Waals surface area contributed by atoms with Crippen molar-refractivity contribution in [3.05, 3.63) is 11.6 Å². The van der Waals surface area contributed by atoms with Gasteiger partial charge in [0.15, 0.2) is 5.82 Å². The Labute approximate surface area is 162 Å². The van der Waals surface area contributed by atoms with Gasteiger partial charge < -0.3 is 19.5 Å². The Balaban J connectivity index is 0.000000706. The van der Waals surface area contributed by atoms with E-state index in [1.54, 1.807) is 4.90 Å². The summed E-state index contributed by atoms with van der Waals surface area (Å²) < 4.78 is 12.2. The summed E-state index contributed by atoms with van der Waals surface area (Å²) in [5.41, 5.74) is 0. The van der Waals surface area contributed by atoms with Crippen molar-refractivity contribution in [3.8, 4) is 0 Å². The molecule has 0 radical (unpaired) electrons. The van der Waals surface area contributed by atoms with Gasteiger partial charge >= 0.3 is 6.09 Å². The van der Waals surface area contributed by atoms with E-state index in [9.17, 15) is 9.59 Å². The van der Waals surface area contributed by atoms with Crippen molar-refractivity contribution >= 4 is 18.5 Å². The molecule has 0 saturated carbocycles. The molecule has 28 heavy (non-hydrogen) atoms. The van der Waals surface area contributed by atoms with Crippen molar-refractivity contribution in [1.82, 2.24) is 24.6 Å². The number of hydrogen-bond acceptors (Lipinski definition) is 7. The minimum absolute atomic E-state index is 0.0470. The van der Waals surface area contributed by atoms with Crippen LogP contribution in [-0.4, -0.2) is 94.1 Å². The highest BCUT2D eigenvalue weighted by Crippen LogP contribution is 2.25. The molecule has 2 amide bonds. The highest BCUT2D eigenvalue weighted by Gasteiger charge is 2.28. The molecule has 2 saturated heterocycles. The maximum atomic E-state index is 12.5. The molecule has 0 aliphatic carbocycles. The van der Waals surface area contributed by atoms with Crippen LogP contribution in [0.15, 0.2) is 0 Å². The van der Waals surface area contributed by atoms with Gasteiger partial charge in [-0.2, -0.15) is 5.10 Å². The molecule has 3 aliphatic heterocycles. The molecule has 1 N–H and O–H groups in total. The maximum Gasteiger partial charge on any atom is 0.410 e. The third kappa shape index (κ3) is 4.77. The molecule has 0 bridgehead atoms. The second-order valence-corrected chi connectivity index (χ2v) is 6.77. The zero-order valence-electron chi connectivity index (χ0n) is 15.7. The average Bonchev–Trinajstić information content (AvgIpc) is 3.24. The molecule has 11 nitrogen and oxygen atoms in total. The second kappa shape index (κ2) is 9.49. The van der Waals surface area contributed by atoms with Gasteiger partial charge in [-0.15, -0.1) is 0 Å². The van der Waals surface area contributed by atoms with Crippen LogP contribution in [0.1, 0.15) is 30.4 Å². The molecule has 11 heteroatoms. The highest BCUT2D eigenvalue weighted by atomic mass is 16.6. The smallest absolute Gasteiger partial charge is 0.410 e. The lowest BCUT2D eigenvalue weighted by atomic mass is 10.00. The first-order chi connectivity index (χ1) is 13.6. The predicted octanol–water partition coefficient (Wildman–Crippen LogP) is -0.290. The summed E-state index contributed by atoms with van der Waals surface area (Å²) in [6.07, 6.45) is 2.23. The number of amides is 2. The first kappa shape index (κ1) is 20.1. The van der Waals surface area contributed by atoms with E-state index in [1.807, 2.05) is 4.68 Å². The zero-order chi connectivity index (χ0) is 19.9. The SMILES string of the molecule is O=C(CN1CCOC1=O)N1CCc2nc(C3CCOCC3)nn2CC1.O=CO. The molecule has 0 unspecified atom stereocenters. The van der Waals surface area contributed by atoms with Crippen molar-refractivity contribution in [2.45, 2.75) is 31.7 Å². The van der Waals surface area contributed by atoms with Crippen molar-refractivity contribution in [2.75, 3.05) is 46.0 Å². The van der Waals surface area contributed by atoms with Gasteiger partial charge in [0, 0.05) is 38.6 Å². The first-order valence-corrected chi connectivity index (χ1v) is 9.41. The lowest BCUT2D eigenvalue weighted by Gasteiger charge is -2.22. The van der Waals surface area contributed by atoms with E-state index in [0.717, 1.165) is 37.7 Å². The normalized spacial score (nSPS) is 19.9. The standard InChI is InChI=1S/C16H23N5O4.CH2O2/c22-14(11-20-7-10-25-16(20)23)19-4-1-13-17-15(18-21(13)6-5-19)12-2-8-24-9-3-12;2-1-3/h12H,1-11H2;1H,(H,2,3). The van der Waals surface area contributed by atoms with Gasteiger partial charge in [-0.1, -0.05) is 0 Å². The van der Waals surface area contributed by atoms with Gasteiger partial charge in [0.2, 0.25) is 5.91 Å². The molecule has 4 rings (SSSR count). The number of nitrogens with zero attached hydrogens (tertiary/aromatic N) is 5. The summed E-state index contributed by atoms with van der Waals surface area (Å²) in [6, 6.07) is 0. The van der Waals surface area contributed by atoms with E-state index in [4.69, 9.17) is 24.4 Å². The van der Waals surface area contributed by atoms with Crippen LogP contribution in [0.2, 0.25) is 0 Å². The number of aromatic nitrogens is 3. The number of carboxylic acid groups (broad SMARTS) is 1. The van der Waals surface area contributed by atoms with E-state index in [0.29, 0.717) is 45.1 Å². The van der Waals surface area contributed by atoms with Crippen LogP contribution in [-0.2, 0) is 32.0 Å². The molecule has 0 spiro atoms. The number of ether oxygens (including phenoxy) is 2. The predicted molar refractivity (Wildman–Crippen MR) is 94.7 cm³/mol. The Morgan fingerprint density at radius 1 is 1.18 bits per heavy atom. The summed E-state index contributed by atoms with van der Waals surface area (Å²) in [6.45, 7) is 4.06. The fourth-order valence-electron chi connectivity index (χ4n) is 3.53. The fraction of sp³-hybridized carbons (Fsp3) is 0.706. The minimum Gasteiger partial charge on any atom is -0.483 e. The third-order valence-electron chi connectivity index (χ3n) is 5.06. The lowest BCUT2D eigenvalue weighted by molar-refractivity contribution is -0.131. The number of rotatable bonds is 3. The number of cyclic esters (lactones) is 1. The van der Waals surface area contributed by atoms with Crippen LogP contribution in [0.4, 0.5) is 4.79 Å². The molecule has 4 heterocycles. The number of hydrogen-bond donors (Lipinski definition) is 1. The van der Waals surface area contributed by atoms with Crippen molar-refractivity contribution in [3.63, 3.8) is 0 Å². The molecule has 2 fully saturated rings. The Bertz CT molecular complexity index is 677. The van der Waals surface area contributed by atoms with E-state index in [-0.39, 0.29) is 18.9 Å². The second-order valence-electron chi connectivity index (χ2n) is 6.77. The fourth-order valence-corrected chi connectivity index (χ4v) is 3.53. The molecule has 3 aliphatic rings. The Morgan fingerprint density at radius 3 is 2.61 bits per heavy atom.